The first-order valence-corrected chi connectivity index (χ1v) is 10.6. The van der Waals surface area contributed by atoms with Crippen LogP contribution < -0.4 is 16.0 Å². The summed E-state index contributed by atoms with van der Waals surface area (Å²) in [7, 11) is 0. The van der Waals surface area contributed by atoms with E-state index in [1.165, 1.54) is 19.1 Å². The Morgan fingerprint density at radius 1 is 1.10 bits per heavy atom. The minimum atomic E-state index is -4.37. The zero-order valence-electron chi connectivity index (χ0n) is 17.1. The number of hydrogen-bond donors (Lipinski definition) is 3. The molecular weight excluding hydrogens is 407 g/mol. The van der Waals surface area contributed by atoms with Crippen LogP contribution >= 0.6 is 0 Å². The molecular formula is C21H24F3N7. The second kappa shape index (κ2) is 7.67. The molecule has 5 rings (SSSR count). The van der Waals surface area contributed by atoms with Crippen molar-refractivity contribution >= 4 is 28.7 Å². The lowest BCUT2D eigenvalue weighted by atomic mass is 10.1. The van der Waals surface area contributed by atoms with E-state index in [0.29, 0.717) is 29.1 Å². The number of alkyl halides is 3. The fraction of sp³-hybridized carbons (Fsp3) is 0.476. The maximum atomic E-state index is 13.1. The fourth-order valence-electron chi connectivity index (χ4n) is 4.06. The van der Waals surface area contributed by atoms with Gasteiger partial charge in [-0.15, -0.1) is 0 Å². The number of hydrogen-bond acceptors (Lipinski definition) is 6. The topological polar surface area (TPSA) is 79.7 Å². The molecule has 3 heterocycles. The number of fused-ring (bicyclic) bond motifs is 1. The maximum absolute atomic E-state index is 13.1. The van der Waals surface area contributed by atoms with Gasteiger partial charge in [-0.05, 0) is 69.5 Å². The zero-order chi connectivity index (χ0) is 21.6. The zero-order valence-corrected chi connectivity index (χ0v) is 17.1. The number of anilines is 3. The van der Waals surface area contributed by atoms with Crippen LogP contribution in [0, 0.1) is 6.92 Å². The second-order valence-electron chi connectivity index (χ2n) is 8.26. The van der Waals surface area contributed by atoms with Crippen LogP contribution in [0.5, 0.6) is 0 Å². The third-order valence-electron chi connectivity index (χ3n) is 5.81. The normalized spacial score (nSPS) is 17.8. The van der Waals surface area contributed by atoms with E-state index in [9.17, 15) is 13.2 Å². The lowest BCUT2D eigenvalue weighted by Crippen LogP contribution is -2.30. The molecule has 1 saturated heterocycles. The van der Waals surface area contributed by atoms with Gasteiger partial charge in [-0.25, -0.2) is 9.97 Å². The fourth-order valence-corrected chi connectivity index (χ4v) is 4.06. The molecule has 1 saturated carbocycles. The third-order valence-corrected chi connectivity index (χ3v) is 5.81. The van der Waals surface area contributed by atoms with Gasteiger partial charge in [0, 0.05) is 17.8 Å². The Hall–Kier alpha value is -2.88. The van der Waals surface area contributed by atoms with Gasteiger partial charge in [0.25, 0.3) is 0 Å². The number of aryl methyl sites for hydroxylation is 1. The minimum Gasteiger partial charge on any atom is -0.351 e. The highest BCUT2D eigenvalue weighted by atomic mass is 19.4. The number of aromatic nitrogens is 4. The first-order valence-electron chi connectivity index (χ1n) is 10.6. The van der Waals surface area contributed by atoms with Crippen molar-refractivity contribution in [1.29, 1.82) is 0 Å². The predicted molar refractivity (Wildman–Crippen MR) is 113 cm³/mol. The molecule has 10 heteroatoms. The smallest absolute Gasteiger partial charge is 0.351 e. The highest BCUT2D eigenvalue weighted by molar-refractivity contribution is 5.76. The Morgan fingerprint density at radius 3 is 2.55 bits per heavy atom. The first kappa shape index (κ1) is 20.0. The van der Waals surface area contributed by atoms with Gasteiger partial charge in [-0.3, -0.25) is 4.57 Å². The molecule has 0 spiro atoms. The van der Waals surface area contributed by atoms with Gasteiger partial charge in [0.1, 0.15) is 5.52 Å². The summed E-state index contributed by atoms with van der Waals surface area (Å²) in [5, 5.41) is 9.91. The minimum absolute atomic E-state index is 0.165. The molecule has 0 radical (unpaired) electrons. The molecule has 2 aromatic heterocycles. The van der Waals surface area contributed by atoms with Crippen molar-refractivity contribution in [3.05, 3.63) is 35.5 Å². The lowest BCUT2D eigenvalue weighted by Gasteiger charge is -2.26. The molecule has 0 atom stereocenters. The van der Waals surface area contributed by atoms with Crippen LogP contribution in [0.15, 0.2) is 24.4 Å². The van der Waals surface area contributed by atoms with Gasteiger partial charge < -0.3 is 16.0 Å². The summed E-state index contributed by atoms with van der Waals surface area (Å²) in [6.07, 6.45) is 1.41. The van der Waals surface area contributed by atoms with Crippen LogP contribution in [0.4, 0.5) is 30.8 Å². The van der Waals surface area contributed by atoms with Gasteiger partial charge in [-0.2, -0.15) is 18.2 Å². The molecule has 3 aromatic rings. The van der Waals surface area contributed by atoms with Gasteiger partial charge in [0.05, 0.1) is 11.8 Å². The number of piperidine rings is 1. The van der Waals surface area contributed by atoms with Gasteiger partial charge >= 0.3 is 6.18 Å². The summed E-state index contributed by atoms with van der Waals surface area (Å²) in [5.41, 5.74) is 1.48. The molecule has 3 N–H and O–H groups in total. The molecule has 31 heavy (non-hydrogen) atoms. The number of benzene rings is 1. The molecule has 2 fully saturated rings. The highest BCUT2D eigenvalue weighted by Crippen LogP contribution is 2.35. The van der Waals surface area contributed by atoms with E-state index in [1.807, 2.05) is 0 Å². The summed E-state index contributed by atoms with van der Waals surface area (Å²) in [6, 6.07) is 4.66. The van der Waals surface area contributed by atoms with Crippen molar-refractivity contribution in [3.63, 3.8) is 0 Å². The largest absolute Gasteiger partial charge is 0.416 e. The van der Waals surface area contributed by atoms with Crippen LogP contribution in [-0.4, -0.2) is 38.7 Å². The Balaban J connectivity index is 1.53. The molecule has 1 aliphatic carbocycles. The highest BCUT2D eigenvalue weighted by Gasteiger charge is 2.32. The van der Waals surface area contributed by atoms with Crippen molar-refractivity contribution in [3.8, 4) is 0 Å². The standard InChI is InChI=1S/C21H24F3N7/c1-12-10-14(4-5-16(12)21(22,23)24)28-20-29-17-11-26-19(27-13-2-3-13)30-18(17)31(20)15-6-8-25-9-7-15/h4-5,10-11,13,15,25H,2-3,6-9H2,1H3,(H,28,29)(H,26,27,30). The molecule has 164 valence electrons. The number of imidazole rings is 1. The van der Waals surface area contributed by atoms with Crippen LogP contribution in [0.1, 0.15) is 42.9 Å². The van der Waals surface area contributed by atoms with E-state index in [2.05, 4.69) is 30.5 Å². The molecule has 2 aliphatic rings. The molecule has 1 aromatic carbocycles. The van der Waals surface area contributed by atoms with Crippen LogP contribution in [0.3, 0.4) is 0 Å². The van der Waals surface area contributed by atoms with Gasteiger partial charge in [-0.1, -0.05) is 0 Å². The molecule has 0 amide bonds. The summed E-state index contributed by atoms with van der Waals surface area (Å²) in [4.78, 5) is 13.8. The molecule has 0 bridgehead atoms. The van der Waals surface area contributed by atoms with Crippen molar-refractivity contribution < 1.29 is 13.2 Å². The van der Waals surface area contributed by atoms with Gasteiger partial charge in [0.15, 0.2) is 5.65 Å². The van der Waals surface area contributed by atoms with Gasteiger partial charge in [0.2, 0.25) is 11.9 Å². The number of nitrogens with one attached hydrogen (secondary N) is 3. The second-order valence-corrected chi connectivity index (χ2v) is 8.26. The third kappa shape index (κ3) is 4.16. The number of halogens is 3. The van der Waals surface area contributed by atoms with Crippen molar-refractivity contribution in [2.75, 3.05) is 23.7 Å². The Morgan fingerprint density at radius 2 is 1.87 bits per heavy atom. The Kier molecular flexibility index (Phi) is 4.96. The van der Waals surface area contributed by atoms with Crippen molar-refractivity contribution in [2.45, 2.75) is 50.9 Å². The first-order chi connectivity index (χ1) is 14.9. The Labute approximate surface area is 177 Å². The average molecular weight is 431 g/mol. The molecule has 7 nitrogen and oxygen atoms in total. The van der Waals surface area contributed by atoms with E-state index >= 15 is 0 Å². The summed E-state index contributed by atoms with van der Waals surface area (Å²) < 4.78 is 41.4. The monoisotopic (exact) mass is 431 g/mol. The number of nitrogens with zero attached hydrogens (tertiary/aromatic N) is 4. The Bertz CT molecular complexity index is 1100. The van der Waals surface area contributed by atoms with Crippen molar-refractivity contribution in [1.82, 2.24) is 24.8 Å². The summed E-state index contributed by atoms with van der Waals surface area (Å²) in [5.74, 6) is 1.15. The SMILES string of the molecule is Cc1cc(Nc2nc3cnc(NC4CC4)nc3n2C2CCNCC2)ccc1C(F)(F)F. The van der Waals surface area contributed by atoms with E-state index in [4.69, 9.17) is 4.98 Å². The van der Waals surface area contributed by atoms with E-state index in [0.717, 1.165) is 50.5 Å². The number of rotatable bonds is 5. The summed E-state index contributed by atoms with van der Waals surface area (Å²) in [6.45, 7) is 3.24. The van der Waals surface area contributed by atoms with Crippen LogP contribution in [0.2, 0.25) is 0 Å². The maximum Gasteiger partial charge on any atom is 0.416 e. The van der Waals surface area contributed by atoms with Crippen LogP contribution in [0.25, 0.3) is 11.2 Å². The predicted octanol–water partition coefficient (Wildman–Crippen LogP) is 4.40. The lowest BCUT2D eigenvalue weighted by molar-refractivity contribution is -0.138. The van der Waals surface area contributed by atoms with E-state index in [1.54, 1.807) is 6.20 Å². The summed E-state index contributed by atoms with van der Waals surface area (Å²) >= 11 is 0. The van der Waals surface area contributed by atoms with Crippen LogP contribution in [-0.2, 0) is 6.18 Å². The van der Waals surface area contributed by atoms with E-state index < -0.39 is 11.7 Å². The average Bonchev–Trinajstić information content (AvgIpc) is 3.47. The quantitative estimate of drug-likeness (QED) is 0.556. The molecule has 0 unspecified atom stereocenters. The van der Waals surface area contributed by atoms with E-state index in [-0.39, 0.29) is 11.6 Å². The molecule has 1 aliphatic heterocycles. The van der Waals surface area contributed by atoms with Crippen molar-refractivity contribution in [2.24, 2.45) is 0 Å².